The lowest BCUT2D eigenvalue weighted by molar-refractivity contribution is 0.766. The zero-order valence-corrected chi connectivity index (χ0v) is 10.4. The van der Waals surface area contributed by atoms with Gasteiger partial charge in [0.2, 0.25) is 0 Å². The van der Waals surface area contributed by atoms with Gasteiger partial charge in [0.15, 0.2) is 0 Å². The Bertz CT molecular complexity index is 913. The van der Waals surface area contributed by atoms with E-state index < -0.39 is 0 Å². The topological polar surface area (TPSA) is 82.5 Å². The van der Waals surface area contributed by atoms with Crippen molar-refractivity contribution in [2.45, 2.75) is 0 Å². The number of aromatic nitrogens is 5. The van der Waals surface area contributed by atoms with Gasteiger partial charge in [0.25, 0.3) is 0 Å². The maximum Gasteiger partial charge on any atom is 0.142 e. The maximum atomic E-state index is 5.65. The van der Waals surface area contributed by atoms with Crippen molar-refractivity contribution >= 4 is 27.9 Å². The highest BCUT2D eigenvalue weighted by atomic mass is 15.5. The molecule has 2 N–H and O–H groups in total. The molecular weight excluding hydrogens is 252 g/mol. The van der Waals surface area contributed by atoms with Gasteiger partial charge < -0.3 is 5.73 Å². The summed E-state index contributed by atoms with van der Waals surface area (Å²) in [6.45, 7) is 0. The van der Waals surface area contributed by atoms with Gasteiger partial charge in [0, 0.05) is 0 Å². The van der Waals surface area contributed by atoms with Crippen molar-refractivity contribution in [1.82, 2.24) is 25.0 Å². The van der Waals surface area contributed by atoms with Crippen molar-refractivity contribution < 1.29 is 0 Å². The summed E-state index contributed by atoms with van der Waals surface area (Å²) in [6.07, 6.45) is 1.53. The smallest absolute Gasteiger partial charge is 0.142 e. The Morgan fingerprint density at radius 3 is 2.50 bits per heavy atom. The summed E-state index contributed by atoms with van der Waals surface area (Å²) in [4.78, 5) is 10.2. The molecule has 0 amide bonds. The molecule has 0 bridgehead atoms. The Labute approximate surface area is 113 Å². The minimum atomic E-state index is 0.396. The van der Waals surface area contributed by atoms with Crippen molar-refractivity contribution in [2.24, 2.45) is 0 Å². The van der Waals surface area contributed by atoms with Crippen molar-refractivity contribution in [2.75, 3.05) is 5.73 Å². The molecule has 2 aromatic carbocycles. The second-order valence-corrected chi connectivity index (χ2v) is 4.42. The predicted molar refractivity (Wildman–Crippen MR) is 76.4 cm³/mol. The molecule has 0 saturated carbocycles. The first-order valence-corrected chi connectivity index (χ1v) is 6.15. The second kappa shape index (κ2) is 3.99. The highest BCUT2D eigenvalue weighted by molar-refractivity contribution is 5.99. The molecule has 0 aliphatic heterocycles. The molecule has 4 rings (SSSR count). The molecule has 6 nitrogen and oxygen atoms in total. The molecule has 0 saturated heterocycles. The van der Waals surface area contributed by atoms with E-state index in [1.165, 1.54) is 6.20 Å². The van der Waals surface area contributed by atoms with Crippen LogP contribution in [0.3, 0.4) is 0 Å². The number of nitrogen functional groups attached to an aromatic ring is 1. The fourth-order valence-corrected chi connectivity index (χ4v) is 2.15. The largest absolute Gasteiger partial charge is 0.382 e. The van der Waals surface area contributed by atoms with Gasteiger partial charge in [-0.3, -0.25) is 0 Å². The summed E-state index contributed by atoms with van der Waals surface area (Å²) in [5.74, 6) is 0.396. The summed E-state index contributed by atoms with van der Waals surface area (Å²) >= 11 is 0. The van der Waals surface area contributed by atoms with Gasteiger partial charge in [0.1, 0.15) is 22.4 Å². The average Bonchev–Trinajstić information content (AvgIpc) is 2.92. The normalized spacial score (nSPS) is 11.2. The fraction of sp³-hybridized carbons (Fsp3) is 0. The van der Waals surface area contributed by atoms with E-state index in [1.54, 1.807) is 4.80 Å². The summed E-state index contributed by atoms with van der Waals surface area (Å²) in [6, 6.07) is 13.5. The molecule has 0 radical (unpaired) electrons. The third-order valence-electron chi connectivity index (χ3n) is 3.07. The number of hydrogen-bond donors (Lipinski definition) is 1. The van der Waals surface area contributed by atoms with E-state index >= 15 is 0 Å². The molecular formula is C14H10N6. The number of para-hydroxylation sites is 1. The Hall–Kier alpha value is -3.02. The van der Waals surface area contributed by atoms with E-state index in [-0.39, 0.29) is 0 Å². The van der Waals surface area contributed by atoms with E-state index in [0.29, 0.717) is 11.3 Å². The zero-order chi connectivity index (χ0) is 13.5. The SMILES string of the molecule is Nc1cnc2c(ccc3nn(-c4ccccc4)nc32)n1. The first-order valence-electron chi connectivity index (χ1n) is 6.15. The van der Waals surface area contributed by atoms with Gasteiger partial charge in [-0.25, -0.2) is 9.97 Å². The van der Waals surface area contributed by atoms with E-state index in [4.69, 9.17) is 5.73 Å². The molecule has 96 valence electrons. The standard InChI is InChI=1S/C14H10N6/c15-12-8-16-13-10(17-12)6-7-11-14(13)19-20(18-11)9-4-2-1-3-5-9/h1-8H,(H2,15,17). The Kier molecular flexibility index (Phi) is 2.17. The van der Waals surface area contributed by atoms with Gasteiger partial charge >= 0.3 is 0 Å². The number of anilines is 1. The minimum absolute atomic E-state index is 0.396. The molecule has 20 heavy (non-hydrogen) atoms. The summed E-state index contributed by atoms with van der Waals surface area (Å²) in [5, 5.41) is 8.97. The van der Waals surface area contributed by atoms with Crippen LogP contribution in [0.25, 0.3) is 27.8 Å². The van der Waals surface area contributed by atoms with Crippen LogP contribution in [0.2, 0.25) is 0 Å². The van der Waals surface area contributed by atoms with Gasteiger partial charge in [0.05, 0.1) is 17.4 Å². The van der Waals surface area contributed by atoms with Crippen LogP contribution >= 0.6 is 0 Å². The monoisotopic (exact) mass is 262 g/mol. The van der Waals surface area contributed by atoms with Crippen molar-refractivity contribution in [3.63, 3.8) is 0 Å². The van der Waals surface area contributed by atoms with E-state index in [2.05, 4.69) is 20.2 Å². The van der Waals surface area contributed by atoms with Gasteiger partial charge in [-0.05, 0) is 24.3 Å². The van der Waals surface area contributed by atoms with Crippen LogP contribution in [0.1, 0.15) is 0 Å². The molecule has 0 atom stereocenters. The number of rotatable bonds is 1. The van der Waals surface area contributed by atoms with Crippen LogP contribution in [0.5, 0.6) is 0 Å². The number of fused-ring (bicyclic) bond motifs is 3. The van der Waals surface area contributed by atoms with E-state index in [0.717, 1.165) is 22.2 Å². The summed E-state index contributed by atoms with van der Waals surface area (Å²) in [5.41, 5.74) is 9.48. The van der Waals surface area contributed by atoms with Gasteiger partial charge in [-0.1, -0.05) is 18.2 Å². The zero-order valence-electron chi connectivity index (χ0n) is 10.4. The molecule has 2 heterocycles. The van der Waals surface area contributed by atoms with Crippen LogP contribution in [-0.2, 0) is 0 Å². The summed E-state index contributed by atoms with van der Waals surface area (Å²) in [7, 11) is 0. The van der Waals surface area contributed by atoms with E-state index in [1.807, 2.05) is 42.5 Å². The van der Waals surface area contributed by atoms with Crippen LogP contribution in [0, 0.1) is 0 Å². The molecule has 4 aromatic rings. The minimum Gasteiger partial charge on any atom is -0.382 e. The van der Waals surface area contributed by atoms with Crippen molar-refractivity contribution in [3.8, 4) is 5.69 Å². The van der Waals surface area contributed by atoms with Crippen LogP contribution in [-0.4, -0.2) is 25.0 Å². The third-order valence-corrected chi connectivity index (χ3v) is 3.07. The second-order valence-electron chi connectivity index (χ2n) is 4.42. The molecule has 0 unspecified atom stereocenters. The first-order chi connectivity index (χ1) is 9.81. The fourth-order valence-electron chi connectivity index (χ4n) is 2.15. The average molecular weight is 262 g/mol. The molecule has 0 aliphatic rings. The highest BCUT2D eigenvalue weighted by Crippen LogP contribution is 2.20. The molecule has 6 heteroatoms. The van der Waals surface area contributed by atoms with Crippen molar-refractivity contribution in [3.05, 3.63) is 48.7 Å². The lowest BCUT2D eigenvalue weighted by atomic mass is 10.2. The highest BCUT2D eigenvalue weighted by Gasteiger charge is 2.10. The first kappa shape index (κ1) is 10.9. The lowest BCUT2D eigenvalue weighted by Gasteiger charge is -1.97. The quantitative estimate of drug-likeness (QED) is 0.567. The Morgan fingerprint density at radius 1 is 0.850 bits per heavy atom. The van der Waals surface area contributed by atoms with E-state index in [9.17, 15) is 0 Å². The molecule has 2 aromatic heterocycles. The Morgan fingerprint density at radius 2 is 1.65 bits per heavy atom. The van der Waals surface area contributed by atoms with Crippen LogP contribution < -0.4 is 5.73 Å². The van der Waals surface area contributed by atoms with Gasteiger partial charge in [-0.2, -0.15) is 4.80 Å². The van der Waals surface area contributed by atoms with Crippen molar-refractivity contribution in [1.29, 1.82) is 0 Å². The number of nitrogens with two attached hydrogens (primary N) is 1. The number of nitrogens with zero attached hydrogens (tertiary/aromatic N) is 5. The Balaban J connectivity index is 2.02. The summed E-state index contributed by atoms with van der Waals surface area (Å²) < 4.78 is 0. The third kappa shape index (κ3) is 1.58. The molecule has 0 fully saturated rings. The van der Waals surface area contributed by atoms with Crippen LogP contribution in [0.4, 0.5) is 5.82 Å². The van der Waals surface area contributed by atoms with Gasteiger partial charge in [-0.15, -0.1) is 10.2 Å². The predicted octanol–water partition coefficient (Wildman–Crippen LogP) is 1.95. The maximum absolute atomic E-state index is 5.65. The molecule has 0 spiro atoms. The lowest BCUT2D eigenvalue weighted by Crippen LogP contribution is -1.97. The number of hydrogen-bond acceptors (Lipinski definition) is 5. The van der Waals surface area contributed by atoms with Crippen LogP contribution in [0.15, 0.2) is 48.7 Å². The number of benzene rings is 2. The molecule has 0 aliphatic carbocycles.